The van der Waals surface area contributed by atoms with Crippen molar-refractivity contribution in [1.82, 2.24) is 4.90 Å². The average Bonchev–Trinajstić information content (AvgIpc) is 2.64. The van der Waals surface area contributed by atoms with Crippen molar-refractivity contribution in [2.75, 3.05) is 25.0 Å². The Hall–Kier alpha value is -1.42. The van der Waals surface area contributed by atoms with Gasteiger partial charge in [0.2, 0.25) is 5.91 Å². The van der Waals surface area contributed by atoms with Crippen LogP contribution in [-0.4, -0.2) is 41.7 Å². The first-order chi connectivity index (χ1) is 9.51. The van der Waals surface area contributed by atoms with Crippen LogP contribution in [0.4, 0.5) is 5.00 Å². The number of nitrogens with one attached hydrogen (secondary N) is 1. The van der Waals surface area contributed by atoms with Crippen LogP contribution in [0.25, 0.3) is 0 Å². The molecule has 1 aromatic heterocycles. The van der Waals surface area contributed by atoms with E-state index < -0.39 is 0 Å². The molecule has 1 atom stereocenters. The summed E-state index contributed by atoms with van der Waals surface area (Å²) in [5, 5.41) is 22.2. The van der Waals surface area contributed by atoms with E-state index in [4.69, 9.17) is 5.26 Å². The molecule has 0 saturated carbocycles. The normalized spacial score (nSPS) is 19.6. The number of aryl methyl sites for hydroxylation is 1. The van der Waals surface area contributed by atoms with Crippen molar-refractivity contribution in [1.29, 1.82) is 5.26 Å². The zero-order valence-electron chi connectivity index (χ0n) is 11.8. The van der Waals surface area contributed by atoms with Gasteiger partial charge >= 0.3 is 0 Å². The van der Waals surface area contributed by atoms with Gasteiger partial charge in [0.05, 0.1) is 18.2 Å². The fourth-order valence-corrected chi connectivity index (χ4v) is 3.42. The smallest absolute Gasteiger partial charge is 0.239 e. The number of nitrogens with zero attached hydrogens (tertiary/aromatic N) is 2. The summed E-state index contributed by atoms with van der Waals surface area (Å²) < 4.78 is 0. The summed E-state index contributed by atoms with van der Waals surface area (Å²) >= 11 is 1.43. The first-order valence-corrected chi connectivity index (χ1v) is 7.53. The summed E-state index contributed by atoms with van der Waals surface area (Å²) in [5.74, 6) is -0.128. The van der Waals surface area contributed by atoms with Crippen molar-refractivity contribution in [3.8, 4) is 6.07 Å². The second-order valence-corrected chi connectivity index (χ2v) is 6.40. The van der Waals surface area contributed by atoms with Crippen molar-refractivity contribution in [3.63, 3.8) is 0 Å². The number of β-amino-alcohol motifs (C(OH)–C–C–N with tert-alkyl or cyclic N) is 1. The number of thiophene rings is 1. The van der Waals surface area contributed by atoms with E-state index in [9.17, 15) is 9.90 Å². The number of aliphatic hydroxyl groups excluding tert-OH is 1. The summed E-state index contributed by atoms with van der Waals surface area (Å²) in [6.07, 6.45) is 1.38. The van der Waals surface area contributed by atoms with Crippen LogP contribution in [0, 0.1) is 25.2 Å². The van der Waals surface area contributed by atoms with Gasteiger partial charge in [0.1, 0.15) is 11.1 Å². The predicted octanol–water partition coefficient (Wildman–Crippen LogP) is 1.63. The lowest BCUT2D eigenvalue weighted by Gasteiger charge is -2.29. The van der Waals surface area contributed by atoms with Gasteiger partial charge in [0, 0.05) is 11.4 Å². The molecule has 1 saturated heterocycles. The number of aliphatic hydroxyl groups is 1. The Morgan fingerprint density at radius 3 is 3.00 bits per heavy atom. The fourth-order valence-electron chi connectivity index (χ4n) is 2.39. The van der Waals surface area contributed by atoms with E-state index in [1.54, 1.807) is 0 Å². The molecule has 0 unspecified atom stereocenters. The lowest BCUT2D eigenvalue weighted by atomic mass is 10.1. The third-order valence-corrected chi connectivity index (χ3v) is 4.72. The molecule has 0 aromatic carbocycles. The van der Waals surface area contributed by atoms with Crippen molar-refractivity contribution in [2.45, 2.75) is 32.8 Å². The highest BCUT2D eigenvalue weighted by Crippen LogP contribution is 2.31. The lowest BCUT2D eigenvalue weighted by molar-refractivity contribution is -0.117. The number of anilines is 1. The molecule has 1 aliphatic rings. The van der Waals surface area contributed by atoms with Gasteiger partial charge in [0.25, 0.3) is 0 Å². The Kier molecular flexibility index (Phi) is 4.76. The van der Waals surface area contributed by atoms with Gasteiger partial charge < -0.3 is 10.4 Å². The van der Waals surface area contributed by atoms with Crippen LogP contribution in [0.15, 0.2) is 0 Å². The molecule has 0 bridgehead atoms. The minimum Gasteiger partial charge on any atom is -0.392 e. The molecule has 1 aliphatic heterocycles. The van der Waals surface area contributed by atoms with Crippen LogP contribution >= 0.6 is 11.3 Å². The molecule has 0 aliphatic carbocycles. The molecule has 6 heteroatoms. The number of carbonyl (C=O) groups excluding carboxylic acids is 1. The molecule has 2 rings (SSSR count). The molecule has 1 fully saturated rings. The summed E-state index contributed by atoms with van der Waals surface area (Å²) in [4.78, 5) is 15.0. The summed E-state index contributed by atoms with van der Waals surface area (Å²) in [6, 6.07) is 2.14. The Labute approximate surface area is 122 Å². The summed E-state index contributed by atoms with van der Waals surface area (Å²) in [7, 11) is 0. The number of amides is 1. The largest absolute Gasteiger partial charge is 0.392 e. The molecule has 0 radical (unpaired) electrons. The van der Waals surface area contributed by atoms with Gasteiger partial charge in [-0.05, 0) is 38.8 Å². The van der Waals surface area contributed by atoms with Crippen molar-refractivity contribution < 1.29 is 9.90 Å². The fraction of sp³-hybridized carbons (Fsp3) is 0.571. The number of rotatable bonds is 3. The summed E-state index contributed by atoms with van der Waals surface area (Å²) in [5.41, 5.74) is 1.49. The Morgan fingerprint density at radius 2 is 2.35 bits per heavy atom. The van der Waals surface area contributed by atoms with E-state index in [0.29, 0.717) is 17.1 Å². The summed E-state index contributed by atoms with van der Waals surface area (Å²) in [6.45, 7) is 5.47. The highest BCUT2D eigenvalue weighted by Gasteiger charge is 2.21. The number of likely N-dealkylation sites (tertiary alicyclic amines) is 1. The third-order valence-electron chi connectivity index (χ3n) is 3.60. The maximum absolute atomic E-state index is 12.0. The van der Waals surface area contributed by atoms with Crippen LogP contribution in [0.2, 0.25) is 0 Å². The van der Waals surface area contributed by atoms with Gasteiger partial charge in [-0.1, -0.05) is 0 Å². The number of carbonyl (C=O) groups is 1. The van der Waals surface area contributed by atoms with Gasteiger partial charge in [-0.3, -0.25) is 9.69 Å². The molecular weight excluding hydrogens is 274 g/mol. The predicted molar refractivity (Wildman–Crippen MR) is 78.8 cm³/mol. The first-order valence-electron chi connectivity index (χ1n) is 6.71. The van der Waals surface area contributed by atoms with E-state index in [-0.39, 0.29) is 18.6 Å². The zero-order valence-corrected chi connectivity index (χ0v) is 12.6. The minimum absolute atomic E-state index is 0.128. The van der Waals surface area contributed by atoms with Gasteiger partial charge in [-0.25, -0.2) is 0 Å². The van der Waals surface area contributed by atoms with Gasteiger partial charge in [0.15, 0.2) is 0 Å². The average molecular weight is 293 g/mol. The molecule has 0 spiro atoms. The Morgan fingerprint density at radius 1 is 1.60 bits per heavy atom. The molecule has 1 amide bonds. The maximum Gasteiger partial charge on any atom is 0.239 e. The highest BCUT2D eigenvalue weighted by molar-refractivity contribution is 7.16. The van der Waals surface area contributed by atoms with Crippen LogP contribution in [0.1, 0.15) is 28.8 Å². The first kappa shape index (κ1) is 15.0. The van der Waals surface area contributed by atoms with E-state index in [1.165, 1.54) is 11.3 Å². The molecule has 108 valence electrons. The van der Waals surface area contributed by atoms with Crippen molar-refractivity contribution in [2.24, 2.45) is 0 Å². The third kappa shape index (κ3) is 3.37. The number of piperidine rings is 1. The van der Waals surface area contributed by atoms with E-state index in [0.717, 1.165) is 29.8 Å². The Bertz CT molecular complexity index is 547. The second kappa shape index (κ2) is 6.35. The van der Waals surface area contributed by atoms with Gasteiger partial charge in [-0.2, -0.15) is 5.26 Å². The van der Waals surface area contributed by atoms with Crippen LogP contribution in [-0.2, 0) is 4.79 Å². The second-order valence-electron chi connectivity index (χ2n) is 5.18. The van der Waals surface area contributed by atoms with Crippen LogP contribution in [0.5, 0.6) is 0 Å². The molecule has 20 heavy (non-hydrogen) atoms. The van der Waals surface area contributed by atoms with E-state index in [1.807, 2.05) is 18.7 Å². The van der Waals surface area contributed by atoms with Crippen molar-refractivity contribution in [3.05, 3.63) is 16.0 Å². The number of hydrogen-bond donors (Lipinski definition) is 2. The zero-order chi connectivity index (χ0) is 14.7. The topological polar surface area (TPSA) is 76.4 Å². The van der Waals surface area contributed by atoms with Gasteiger partial charge in [-0.15, -0.1) is 11.3 Å². The quantitative estimate of drug-likeness (QED) is 0.888. The standard InChI is InChI=1S/C14H19N3O2S/c1-9-10(2)20-14(12(9)6-15)16-13(19)8-17-5-3-4-11(18)7-17/h11,18H,3-5,7-8H2,1-2H3,(H,16,19)/t11-/m0/s1. The van der Waals surface area contributed by atoms with E-state index in [2.05, 4.69) is 11.4 Å². The van der Waals surface area contributed by atoms with E-state index >= 15 is 0 Å². The minimum atomic E-state index is -0.336. The number of hydrogen-bond acceptors (Lipinski definition) is 5. The maximum atomic E-state index is 12.0. The molecule has 1 aromatic rings. The van der Waals surface area contributed by atoms with Crippen molar-refractivity contribution >= 4 is 22.2 Å². The lowest BCUT2D eigenvalue weighted by Crippen LogP contribution is -2.42. The Balaban J connectivity index is 1.98. The number of nitriles is 1. The molecule has 5 nitrogen and oxygen atoms in total. The molecule has 2 heterocycles. The SMILES string of the molecule is Cc1sc(NC(=O)CN2CCC[C@H](O)C2)c(C#N)c1C. The molecular formula is C14H19N3O2S. The highest BCUT2D eigenvalue weighted by atomic mass is 32.1. The van der Waals surface area contributed by atoms with Crippen LogP contribution in [0.3, 0.4) is 0 Å². The monoisotopic (exact) mass is 293 g/mol. The molecule has 2 N–H and O–H groups in total. The van der Waals surface area contributed by atoms with Crippen LogP contribution < -0.4 is 5.32 Å².